The van der Waals surface area contributed by atoms with E-state index in [-0.39, 0.29) is 52.5 Å². The van der Waals surface area contributed by atoms with Crippen LogP contribution in [0.2, 0.25) is 0 Å². The van der Waals surface area contributed by atoms with E-state index < -0.39 is 5.97 Å². The number of aromatic hydroxyl groups is 1. The fraction of sp³-hybridized carbons (Fsp3) is 0.323. The molecular formula is C31H36ClN3O4. The Bertz CT molecular complexity index is 1570. The minimum atomic E-state index is -0.987. The summed E-state index contributed by atoms with van der Waals surface area (Å²) in [7, 11) is 0. The molecule has 0 aliphatic heterocycles. The predicted octanol–water partition coefficient (Wildman–Crippen LogP) is 6.27. The van der Waals surface area contributed by atoms with Crippen molar-refractivity contribution in [2.75, 3.05) is 0 Å². The van der Waals surface area contributed by atoms with E-state index in [2.05, 4.69) is 0 Å². The summed E-state index contributed by atoms with van der Waals surface area (Å²) in [4.78, 5) is 24.9. The van der Waals surface area contributed by atoms with Gasteiger partial charge in [0, 0.05) is 16.7 Å². The van der Waals surface area contributed by atoms with Crippen LogP contribution < -0.4 is 5.62 Å². The molecule has 4 rings (SSSR count). The topological polar surface area (TPSA) is 108 Å². The zero-order valence-electron chi connectivity index (χ0n) is 23.2. The number of Topliss-reactive ketones (excluding diaryl/α,β-unsaturated/α-hetero) is 1. The van der Waals surface area contributed by atoms with Crippen molar-refractivity contribution in [1.29, 1.82) is 5.41 Å². The second-order valence-electron chi connectivity index (χ2n) is 11.8. The van der Waals surface area contributed by atoms with Gasteiger partial charge in [-0.05, 0) is 52.8 Å². The SMILES string of the molecule is CC(C)(C)c1cc(C(=O)Cn2c(=N)n(Cc3ccc(C(=O)O)cc3)c3ccccc32)cc(C(C)(C)C)c1O.Cl. The number of aromatic nitrogens is 2. The number of fused-ring (bicyclic) bond motifs is 1. The second-order valence-corrected chi connectivity index (χ2v) is 11.8. The monoisotopic (exact) mass is 549 g/mol. The fourth-order valence-corrected chi connectivity index (χ4v) is 4.72. The van der Waals surface area contributed by atoms with Crippen molar-refractivity contribution in [3.8, 4) is 5.75 Å². The van der Waals surface area contributed by atoms with Gasteiger partial charge in [-0.2, -0.15) is 0 Å². The Labute approximate surface area is 234 Å². The molecule has 0 amide bonds. The first-order valence-corrected chi connectivity index (χ1v) is 12.6. The lowest BCUT2D eigenvalue weighted by Gasteiger charge is -2.28. The summed E-state index contributed by atoms with van der Waals surface area (Å²) >= 11 is 0. The standard InChI is InChI=1S/C31H35N3O4.ClH/c1-30(2,3)22-15-21(16-23(27(22)36)31(4,5)6)26(35)18-34-25-10-8-7-9-24(25)33(29(34)32)17-19-11-13-20(14-12-19)28(37)38;/h7-16,32,36H,17-18H2,1-6H3,(H,37,38);1H. The summed E-state index contributed by atoms with van der Waals surface area (Å²) in [5.41, 5.74) is 4.03. The van der Waals surface area contributed by atoms with Crippen LogP contribution in [0.25, 0.3) is 11.0 Å². The number of aromatic carboxylic acids is 1. The van der Waals surface area contributed by atoms with E-state index in [1.165, 1.54) is 0 Å². The van der Waals surface area contributed by atoms with Crippen LogP contribution >= 0.6 is 12.4 Å². The number of nitrogens with one attached hydrogen (secondary N) is 1. The lowest BCUT2D eigenvalue weighted by Crippen LogP contribution is -2.28. The smallest absolute Gasteiger partial charge is 0.335 e. The van der Waals surface area contributed by atoms with Gasteiger partial charge in [0.25, 0.3) is 0 Å². The van der Waals surface area contributed by atoms with Crippen LogP contribution in [-0.4, -0.2) is 31.1 Å². The molecule has 1 aromatic heterocycles. The molecule has 39 heavy (non-hydrogen) atoms. The maximum absolute atomic E-state index is 13.7. The molecule has 0 aliphatic carbocycles. The first-order chi connectivity index (χ1) is 17.7. The number of carboxylic acid groups (broad SMARTS) is 1. The van der Waals surface area contributed by atoms with Crippen molar-refractivity contribution < 1.29 is 19.8 Å². The molecule has 0 fully saturated rings. The van der Waals surface area contributed by atoms with Gasteiger partial charge in [-0.25, -0.2) is 4.79 Å². The average molecular weight is 550 g/mol. The van der Waals surface area contributed by atoms with E-state index in [4.69, 9.17) is 5.41 Å². The molecule has 0 unspecified atom stereocenters. The molecule has 3 N–H and O–H groups in total. The zero-order chi connectivity index (χ0) is 28.0. The van der Waals surface area contributed by atoms with Crippen molar-refractivity contribution in [3.63, 3.8) is 0 Å². The Morgan fingerprint density at radius 3 is 1.74 bits per heavy atom. The van der Waals surface area contributed by atoms with E-state index in [1.807, 2.05) is 70.4 Å². The zero-order valence-corrected chi connectivity index (χ0v) is 24.0. The maximum atomic E-state index is 13.7. The molecule has 0 spiro atoms. The van der Waals surface area contributed by atoms with Gasteiger partial charge in [0.1, 0.15) is 5.75 Å². The molecule has 8 heteroatoms. The summed E-state index contributed by atoms with van der Waals surface area (Å²) in [5.74, 6) is -0.909. The number of rotatable bonds is 6. The molecule has 1 heterocycles. The minimum Gasteiger partial charge on any atom is -0.507 e. The Balaban J connectivity index is 0.00000420. The Morgan fingerprint density at radius 1 is 0.795 bits per heavy atom. The van der Waals surface area contributed by atoms with Gasteiger partial charge in [-0.3, -0.25) is 10.2 Å². The van der Waals surface area contributed by atoms with Gasteiger partial charge in [-0.1, -0.05) is 65.8 Å². The molecule has 3 aromatic carbocycles. The fourth-order valence-electron chi connectivity index (χ4n) is 4.72. The number of halogens is 1. The number of imidazole rings is 1. The average Bonchev–Trinajstić information content (AvgIpc) is 3.09. The first-order valence-electron chi connectivity index (χ1n) is 12.6. The molecule has 0 bridgehead atoms. The molecule has 4 aromatic rings. The quantitative estimate of drug-likeness (QED) is 0.246. The Kier molecular flexibility index (Phi) is 8.18. The van der Waals surface area contributed by atoms with Crippen molar-refractivity contribution >= 4 is 35.2 Å². The van der Waals surface area contributed by atoms with Crippen LogP contribution in [0, 0.1) is 5.41 Å². The van der Waals surface area contributed by atoms with Gasteiger partial charge in [0.05, 0.1) is 29.7 Å². The van der Waals surface area contributed by atoms with E-state index in [0.29, 0.717) is 12.1 Å². The van der Waals surface area contributed by atoms with Gasteiger partial charge in [0.15, 0.2) is 5.78 Å². The Morgan fingerprint density at radius 2 is 1.28 bits per heavy atom. The lowest BCUT2D eigenvalue weighted by atomic mass is 9.78. The number of phenols is 1. The van der Waals surface area contributed by atoms with Crippen LogP contribution in [0.5, 0.6) is 5.75 Å². The van der Waals surface area contributed by atoms with Crippen LogP contribution in [0.4, 0.5) is 0 Å². The predicted molar refractivity (Wildman–Crippen MR) is 155 cm³/mol. The van der Waals surface area contributed by atoms with E-state index in [9.17, 15) is 19.8 Å². The number of carbonyl (C=O) groups excluding carboxylic acids is 1. The van der Waals surface area contributed by atoms with E-state index in [0.717, 1.165) is 27.7 Å². The van der Waals surface area contributed by atoms with Gasteiger partial charge in [-0.15, -0.1) is 12.4 Å². The molecule has 0 aliphatic rings. The molecule has 206 valence electrons. The largest absolute Gasteiger partial charge is 0.507 e. The summed E-state index contributed by atoms with van der Waals surface area (Å²) in [6.45, 7) is 12.4. The van der Waals surface area contributed by atoms with Crippen LogP contribution in [-0.2, 0) is 23.9 Å². The number of phenolic OH excluding ortho intramolecular Hbond substituents is 1. The third-order valence-electron chi connectivity index (χ3n) is 6.87. The minimum absolute atomic E-state index is 0. The number of carboxylic acids is 1. The highest BCUT2D eigenvalue weighted by molar-refractivity contribution is 5.97. The summed E-state index contributed by atoms with van der Waals surface area (Å²) in [6.07, 6.45) is 0. The van der Waals surface area contributed by atoms with E-state index in [1.54, 1.807) is 41.0 Å². The summed E-state index contributed by atoms with van der Waals surface area (Å²) < 4.78 is 3.51. The van der Waals surface area contributed by atoms with Crippen molar-refractivity contribution in [2.24, 2.45) is 0 Å². The van der Waals surface area contributed by atoms with Crippen LogP contribution in [0.3, 0.4) is 0 Å². The van der Waals surface area contributed by atoms with Crippen molar-refractivity contribution in [1.82, 2.24) is 9.13 Å². The third kappa shape index (κ3) is 5.93. The highest BCUT2D eigenvalue weighted by Crippen LogP contribution is 2.40. The van der Waals surface area contributed by atoms with Crippen LogP contribution in [0.15, 0.2) is 60.7 Å². The molecule has 0 saturated heterocycles. The Hall–Kier alpha value is -3.84. The normalized spacial score (nSPS) is 11.8. The van der Waals surface area contributed by atoms with E-state index >= 15 is 0 Å². The number of nitrogens with zero attached hydrogens (tertiary/aromatic N) is 2. The molecule has 0 radical (unpaired) electrons. The van der Waals surface area contributed by atoms with Gasteiger partial charge < -0.3 is 19.3 Å². The maximum Gasteiger partial charge on any atom is 0.335 e. The van der Waals surface area contributed by atoms with Gasteiger partial charge >= 0.3 is 5.97 Å². The first kappa shape index (κ1) is 29.7. The van der Waals surface area contributed by atoms with Crippen molar-refractivity contribution in [2.45, 2.75) is 65.5 Å². The van der Waals surface area contributed by atoms with Crippen molar-refractivity contribution in [3.05, 3.63) is 94.1 Å². The third-order valence-corrected chi connectivity index (χ3v) is 6.87. The number of ketones is 1. The highest BCUT2D eigenvalue weighted by atomic mass is 35.5. The van der Waals surface area contributed by atoms with Crippen LogP contribution in [0.1, 0.15) is 78.9 Å². The number of para-hydroxylation sites is 2. The molecular weight excluding hydrogens is 514 g/mol. The highest BCUT2D eigenvalue weighted by Gasteiger charge is 2.28. The molecule has 0 atom stereocenters. The number of benzene rings is 3. The molecule has 0 saturated carbocycles. The number of carbonyl (C=O) groups is 2. The summed E-state index contributed by atoms with van der Waals surface area (Å²) in [6, 6.07) is 17.7. The number of hydrogen-bond donors (Lipinski definition) is 3. The number of hydrogen-bond acceptors (Lipinski definition) is 4. The van der Waals surface area contributed by atoms with Gasteiger partial charge in [0.2, 0.25) is 5.62 Å². The second kappa shape index (κ2) is 10.7. The summed E-state index contributed by atoms with van der Waals surface area (Å²) in [5, 5.41) is 29.2. The molecule has 7 nitrogen and oxygen atoms in total. The lowest BCUT2D eigenvalue weighted by molar-refractivity contribution is 0.0696.